The maximum Gasteiger partial charge on any atom is 0.0697 e. The van der Waals surface area contributed by atoms with Crippen LogP contribution < -0.4 is 5.32 Å². The zero-order valence-corrected chi connectivity index (χ0v) is 8.64. The Morgan fingerprint density at radius 1 is 1.38 bits per heavy atom. The minimum Gasteiger partial charge on any atom is -0.376 e. The highest BCUT2D eigenvalue weighted by atomic mass is 16.5. The summed E-state index contributed by atoms with van der Waals surface area (Å²) >= 11 is 0. The molecule has 2 heteroatoms. The van der Waals surface area contributed by atoms with Crippen molar-refractivity contribution in [2.45, 2.75) is 45.1 Å². The minimum absolute atomic E-state index is 0.458. The third kappa shape index (κ3) is 2.05. The normalized spacial score (nSPS) is 33.5. The summed E-state index contributed by atoms with van der Waals surface area (Å²) in [7, 11) is 0. The molecular weight excluding hydrogens is 162 g/mol. The molecule has 2 aliphatic rings. The van der Waals surface area contributed by atoms with Gasteiger partial charge in [-0.15, -0.1) is 0 Å². The molecule has 76 valence electrons. The van der Waals surface area contributed by atoms with Crippen molar-refractivity contribution < 1.29 is 4.74 Å². The van der Waals surface area contributed by atoms with Gasteiger partial charge in [0.25, 0.3) is 0 Å². The average molecular weight is 183 g/mol. The lowest BCUT2D eigenvalue weighted by Gasteiger charge is -2.26. The Bertz CT molecular complexity index is 163. The first-order valence-corrected chi connectivity index (χ1v) is 5.67. The summed E-state index contributed by atoms with van der Waals surface area (Å²) in [6, 6.07) is 0. The van der Waals surface area contributed by atoms with Crippen LogP contribution in [0, 0.1) is 5.41 Å². The van der Waals surface area contributed by atoms with Gasteiger partial charge in [-0.3, -0.25) is 0 Å². The molecule has 0 bridgehead atoms. The van der Waals surface area contributed by atoms with Crippen LogP contribution in [0.5, 0.6) is 0 Å². The molecule has 1 saturated heterocycles. The van der Waals surface area contributed by atoms with Crippen molar-refractivity contribution in [1.29, 1.82) is 0 Å². The molecule has 0 radical (unpaired) electrons. The highest BCUT2D eigenvalue weighted by molar-refractivity contribution is 4.88. The first-order valence-electron chi connectivity index (χ1n) is 5.67. The molecular formula is C11H21NO. The van der Waals surface area contributed by atoms with Crippen LogP contribution in [0.2, 0.25) is 0 Å². The van der Waals surface area contributed by atoms with Crippen LogP contribution in [0.4, 0.5) is 0 Å². The van der Waals surface area contributed by atoms with Gasteiger partial charge in [-0.1, -0.05) is 19.8 Å². The second-order valence-corrected chi connectivity index (χ2v) is 4.68. The van der Waals surface area contributed by atoms with E-state index in [1.165, 1.54) is 32.2 Å². The molecule has 2 nitrogen and oxygen atoms in total. The van der Waals surface area contributed by atoms with Crippen molar-refractivity contribution in [3.63, 3.8) is 0 Å². The molecule has 1 unspecified atom stereocenters. The van der Waals surface area contributed by atoms with Crippen LogP contribution in [0.15, 0.2) is 0 Å². The highest BCUT2D eigenvalue weighted by Gasteiger charge is 2.36. The maximum absolute atomic E-state index is 5.93. The van der Waals surface area contributed by atoms with E-state index < -0.39 is 0 Å². The van der Waals surface area contributed by atoms with E-state index >= 15 is 0 Å². The fraction of sp³-hybridized carbons (Fsp3) is 1.00. The average Bonchev–Trinajstić information content (AvgIpc) is 2.49. The number of hydrogen-bond donors (Lipinski definition) is 1. The standard InChI is InChI=1S/C11H21NO/c1-2-10-7-12-8-11(9-13-10)5-3-4-6-11/h10,12H,2-9H2,1H3. The Kier molecular flexibility index (Phi) is 2.89. The third-order valence-corrected chi connectivity index (χ3v) is 3.62. The van der Waals surface area contributed by atoms with Crippen LogP contribution in [-0.4, -0.2) is 25.8 Å². The largest absolute Gasteiger partial charge is 0.376 e. The lowest BCUT2D eigenvalue weighted by Crippen LogP contribution is -2.33. The Morgan fingerprint density at radius 2 is 2.15 bits per heavy atom. The fourth-order valence-corrected chi connectivity index (χ4v) is 2.61. The molecule has 0 amide bonds. The van der Waals surface area contributed by atoms with E-state index in [0.29, 0.717) is 11.5 Å². The molecule has 1 saturated carbocycles. The van der Waals surface area contributed by atoms with Gasteiger partial charge in [-0.25, -0.2) is 0 Å². The molecule has 1 N–H and O–H groups in total. The summed E-state index contributed by atoms with van der Waals surface area (Å²) in [6.45, 7) is 5.44. The van der Waals surface area contributed by atoms with Crippen LogP contribution in [0.3, 0.4) is 0 Å². The second kappa shape index (κ2) is 3.97. The van der Waals surface area contributed by atoms with Gasteiger partial charge >= 0.3 is 0 Å². The van der Waals surface area contributed by atoms with Gasteiger partial charge in [0.2, 0.25) is 0 Å². The lowest BCUT2D eigenvalue weighted by atomic mass is 9.87. The first-order chi connectivity index (χ1) is 6.35. The molecule has 0 aromatic rings. The fourth-order valence-electron chi connectivity index (χ4n) is 2.61. The number of ether oxygens (including phenoxy) is 1. The molecule has 0 aromatic heterocycles. The molecule has 2 rings (SSSR count). The predicted octanol–water partition coefficient (Wildman–Crippen LogP) is 1.95. The van der Waals surface area contributed by atoms with E-state index in [-0.39, 0.29) is 0 Å². The zero-order valence-electron chi connectivity index (χ0n) is 8.64. The van der Waals surface area contributed by atoms with Gasteiger partial charge < -0.3 is 10.1 Å². The molecule has 0 aromatic carbocycles. The quantitative estimate of drug-likeness (QED) is 0.671. The van der Waals surface area contributed by atoms with Crippen molar-refractivity contribution >= 4 is 0 Å². The van der Waals surface area contributed by atoms with E-state index in [2.05, 4.69) is 12.2 Å². The number of rotatable bonds is 1. The van der Waals surface area contributed by atoms with Crippen molar-refractivity contribution in [1.82, 2.24) is 5.32 Å². The Balaban J connectivity index is 1.93. The van der Waals surface area contributed by atoms with Gasteiger partial charge in [0.1, 0.15) is 0 Å². The smallest absolute Gasteiger partial charge is 0.0697 e. The molecule has 1 atom stereocenters. The zero-order chi connectivity index (χ0) is 9.15. The van der Waals surface area contributed by atoms with E-state index in [4.69, 9.17) is 4.74 Å². The van der Waals surface area contributed by atoms with Crippen LogP contribution in [0.25, 0.3) is 0 Å². The van der Waals surface area contributed by atoms with Crippen molar-refractivity contribution in [2.75, 3.05) is 19.7 Å². The molecule has 1 aliphatic heterocycles. The Morgan fingerprint density at radius 3 is 2.85 bits per heavy atom. The van der Waals surface area contributed by atoms with Crippen LogP contribution in [-0.2, 0) is 4.74 Å². The van der Waals surface area contributed by atoms with Gasteiger partial charge in [0, 0.05) is 18.5 Å². The summed E-state index contributed by atoms with van der Waals surface area (Å²) < 4.78 is 5.93. The summed E-state index contributed by atoms with van der Waals surface area (Å²) in [5, 5.41) is 3.56. The van der Waals surface area contributed by atoms with Crippen molar-refractivity contribution in [3.8, 4) is 0 Å². The van der Waals surface area contributed by atoms with E-state index in [0.717, 1.165) is 19.6 Å². The van der Waals surface area contributed by atoms with Crippen LogP contribution in [0.1, 0.15) is 39.0 Å². The monoisotopic (exact) mass is 183 g/mol. The van der Waals surface area contributed by atoms with Crippen molar-refractivity contribution in [3.05, 3.63) is 0 Å². The molecule has 1 heterocycles. The van der Waals surface area contributed by atoms with E-state index in [1.807, 2.05) is 0 Å². The summed E-state index contributed by atoms with van der Waals surface area (Å²) in [4.78, 5) is 0. The van der Waals surface area contributed by atoms with E-state index in [1.54, 1.807) is 0 Å². The van der Waals surface area contributed by atoms with Gasteiger partial charge in [-0.05, 0) is 19.3 Å². The first kappa shape index (κ1) is 9.47. The Hall–Kier alpha value is -0.0800. The summed E-state index contributed by atoms with van der Waals surface area (Å²) in [5.74, 6) is 0. The van der Waals surface area contributed by atoms with Crippen molar-refractivity contribution in [2.24, 2.45) is 5.41 Å². The van der Waals surface area contributed by atoms with Crippen LogP contribution >= 0.6 is 0 Å². The van der Waals surface area contributed by atoms with E-state index in [9.17, 15) is 0 Å². The topological polar surface area (TPSA) is 21.3 Å². The summed E-state index contributed by atoms with van der Waals surface area (Å²) in [5.41, 5.74) is 0.504. The van der Waals surface area contributed by atoms with Gasteiger partial charge in [-0.2, -0.15) is 0 Å². The van der Waals surface area contributed by atoms with Gasteiger partial charge in [0.05, 0.1) is 12.7 Å². The number of hydrogen-bond acceptors (Lipinski definition) is 2. The third-order valence-electron chi connectivity index (χ3n) is 3.62. The van der Waals surface area contributed by atoms with Gasteiger partial charge in [0.15, 0.2) is 0 Å². The summed E-state index contributed by atoms with van der Waals surface area (Å²) in [6.07, 6.45) is 7.15. The molecule has 1 aliphatic carbocycles. The molecule has 13 heavy (non-hydrogen) atoms. The minimum atomic E-state index is 0.458. The highest BCUT2D eigenvalue weighted by Crippen LogP contribution is 2.38. The molecule has 1 spiro atoms. The Labute approximate surface area is 81.0 Å². The number of nitrogens with one attached hydrogen (secondary N) is 1. The maximum atomic E-state index is 5.93. The second-order valence-electron chi connectivity index (χ2n) is 4.68. The predicted molar refractivity (Wildman–Crippen MR) is 53.8 cm³/mol. The lowest BCUT2D eigenvalue weighted by molar-refractivity contribution is 0.0152. The molecule has 2 fully saturated rings. The SMILES string of the molecule is CCC1CNCC2(CCCC2)CO1.